The van der Waals surface area contributed by atoms with Crippen LogP contribution in [-0.2, 0) is 0 Å². The predicted octanol–water partition coefficient (Wildman–Crippen LogP) is 2.30. The van der Waals surface area contributed by atoms with Crippen LogP contribution in [0.5, 0.6) is 0 Å². The van der Waals surface area contributed by atoms with E-state index in [2.05, 4.69) is 39.6 Å². The number of nitrogens with zero attached hydrogens (tertiary/aromatic N) is 2. The van der Waals surface area contributed by atoms with Gasteiger partial charge in [-0.05, 0) is 27.2 Å². The lowest BCUT2D eigenvalue weighted by Gasteiger charge is -2.48. The Morgan fingerprint density at radius 1 is 1.29 bits per heavy atom. The van der Waals surface area contributed by atoms with Crippen molar-refractivity contribution in [1.29, 1.82) is 0 Å². The summed E-state index contributed by atoms with van der Waals surface area (Å²) >= 11 is 0. The molecule has 0 unspecified atom stereocenters. The standard InChI is InChI=1S/C12H27N2/c1-6-12(3,4)13-9-8-10-14(5,7-2)11-13/h6-11H2,1-5H3/q+1/t14-/m1/s1. The highest BCUT2D eigenvalue weighted by Gasteiger charge is 2.35. The van der Waals surface area contributed by atoms with E-state index in [0.29, 0.717) is 5.54 Å². The highest BCUT2D eigenvalue weighted by molar-refractivity contribution is 4.79. The molecule has 2 heteroatoms. The highest BCUT2D eigenvalue weighted by Crippen LogP contribution is 2.24. The maximum absolute atomic E-state index is 2.67. The zero-order valence-electron chi connectivity index (χ0n) is 10.6. The molecule has 0 spiro atoms. The molecule has 1 rings (SSSR count). The van der Waals surface area contributed by atoms with Gasteiger partial charge in [0, 0.05) is 18.5 Å². The summed E-state index contributed by atoms with van der Waals surface area (Å²) in [6.45, 7) is 14.5. The maximum Gasteiger partial charge on any atom is 0.135 e. The van der Waals surface area contributed by atoms with Gasteiger partial charge in [-0.15, -0.1) is 0 Å². The Morgan fingerprint density at radius 2 is 1.93 bits per heavy atom. The Bertz CT molecular complexity index is 184. The van der Waals surface area contributed by atoms with E-state index in [9.17, 15) is 0 Å². The van der Waals surface area contributed by atoms with Crippen LogP contribution in [-0.4, -0.2) is 48.3 Å². The summed E-state index contributed by atoms with van der Waals surface area (Å²) in [5.74, 6) is 0. The van der Waals surface area contributed by atoms with Crippen molar-refractivity contribution in [1.82, 2.24) is 4.90 Å². The molecule has 1 fully saturated rings. The normalized spacial score (nSPS) is 30.6. The molecule has 1 atom stereocenters. The van der Waals surface area contributed by atoms with Gasteiger partial charge in [-0.1, -0.05) is 6.92 Å². The minimum absolute atomic E-state index is 0.384. The Hall–Kier alpha value is -0.0800. The molecule has 2 nitrogen and oxygen atoms in total. The maximum atomic E-state index is 2.67. The van der Waals surface area contributed by atoms with Gasteiger partial charge in [-0.25, -0.2) is 0 Å². The first kappa shape index (κ1) is 12.0. The summed E-state index contributed by atoms with van der Waals surface area (Å²) in [4.78, 5) is 2.67. The van der Waals surface area contributed by atoms with Crippen LogP contribution in [0, 0.1) is 0 Å². The minimum Gasteiger partial charge on any atom is -0.314 e. The van der Waals surface area contributed by atoms with Crippen LogP contribution < -0.4 is 0 Å². The molecule has 1 aliphatic heterocycles. The van der Waals surface area contributed by atoms with Gasteiger partial charge in [0.2, 0.25) is 0 Å². The first-order valence-corrected chi connectivity index (χ1v) is 6.02. The van der Waals surface area contributed by atoms with Crippen LogP contribution in [0.4, 0.5) is 0 Å². The van der Waals surface area contributed by atoms with E-state index in [1.165, 1.54) is 43.6 Å². The van der Waals surface area contributed by atoms with Gasteiger partial charge in [0.05, 0.1) is 20.1 Å². The fourth-order valence-electron chi connectivity index (χ4n) is 2.17. The van der Waals surface area contributed by atoms with Gasteiger partial charge in [-0.2, -0.15) is 0 Å². The topological polar surface area (TPSA) is 3.24 Å². The molecule has 1 saturated heterocycles. The highest BCUT2D eigenvalue weighted by atomic mass is 15.5. The van der Waals surface area contributed by atoms with Crippen LogP contribution in [0.1, 0.15) is 40.5 Å². The molecule has 0 N–H and O–H groups in total. The molecule has 1 aliphatic rings. The molecular formula is C12H27N2+. The quantitative estimate of drug-likeness (QED) is 0.631. The van der Waals surface area contributed by atoms with Crippen LogP contribution in [0.2, 0.25) is 0 Å². The van der Waals surface area contributed by atoms with Crippen LogP contribution in [0.3, 0.4) is 0 Å². The Morgan fingerprint density at radius 3 is 2.43 bits per heavy atom. The van der Waals surface area contributed by atoms with E-state index in [4.69, 9.17) is 0 Å². The molecule has 0 bridgehead atoms. The average Bonchev–Trinajstić information content (AvgIpc) is 2.18. The third kappa shape index (κ3) is 2.48. The van der Waals surface area contributed by atoms with Crippen LogP contribution >= 0.6 is 0 Å². The summed E-state index contributed by atoms with van der Waals surface area (Å²) in [5, 5.41) is 0. The Labute approximate surface area is 89.5 Å². The second-order valence-electron chi connectivity index (χ2n) is 5.58. The summed E-state index contributed by atoms with van der Waals surface area (Å²) in [6, 6.07) is 0. The molecular weight excluding hydrogens is 172 g/mol. The van der Waals surface area contributed by atoms with Crippen molar-refractivity contribution >= 4 is 0 Å². The lowest BCUT2D eigenvalue weighted by molar-refractivity contribution is -0.924. The van der Waals surface area contributed by atoms with Crippen molar-refractivity contribution in [2.75, 3.05) is 33.4 Å². The molecule has 0 amide bonds. The molecule has 84 valence electrons. The van der Waals surface area contributed by atoms with Gasteiger partial charge >= 0.3 is 0 Å². The first-order chi connectivity index (χ1) is 6.43. The second kappa shape index (κ2) is 4.19. The van der Waals surface area contributed by atoms with E-state index in [0.717, 1.165) is 0 Å². The Balaban J connectivity index is 2.65. The second-order valence-corrected chi connectivity index (χ2v) is 5.58. The van der Waals surface area contributed by atoms with E-state index in [1.807, 2.05) is 0 Å². The monoisotopic (exact) mass is 199 g/mol. The van der Waals surface area contributed by atoms with Gasteiger partial charge in [-0.3, -0.25) is 4.90 Å². The fraction of sp³-hybridized carbons (Fsp3) is 1.00. The van der Waals surface area contributed by atoms with Gasteiger partial charge in [0.15, 0.2) is 0 Å². The van der Waals surface area contributed by atoms with Crippen molar-refractivity contribution in [3.63, 3.8) is 0 Å². The molecule has 1 heterocycles. The molecule has 0 aliphatic carbocycles. The SMILES string of the molecule is CCC(C)(C)N1CCC[N@@+](C)(CC)C1. The van der Waals surface area contributed by atoms with Gasteiger partial charge in [0.25, 0.3) is 0 Å². The predicted molar refractivity (Wildman–Crippen MR) is 62.2 cm³/mol. The zero-order valence-corrected chi connectivity index (χ0v) is 10.6. The van der Waals surface area contributed by atoms with Crippen molar-refractivity contribution in [3.8, 4) is 0 Å². The molecule has 0 saturated carbocycles. The number of hydrogen-bond donors (Lipinski definition) is 0. The Kier molecular flexibility index (Phi) is 3.59. The fourth-order valence-corrected chi connectivity index (χ4v) is 2.17. The lowest BCUT2D eigenvalue weighted by atomic mass is 9.98. The van der Waals surface area contributed by atoms with E-state index in [-0.39, 0.29) is 0 Å². The van der Waals surface area contributed by atoms with E-state index in [1.54, 1.807) is 0 Å². The van der Waals surface area contributed by atoms with Crippen LogP contribution in [0.25, 0.3) is 0 Å². The smallest absolute Gasteiger partial charge is 0.135 e. The third-order valence-electron chi connectivity index (χ3n) is 4.12. The van der Waals surface area contributed by atoms with Crippen molar-refractivity contribution in [2.24, 2.45) is 0 Å². The minimum atomic E-state index is 0.384. The van der Waals surface area contributed by atoms with Crippen LogP contribution in [0.15, 0.2) is 0 Å². The molecule has 0 aromatic heterocycles. The number of hydrogen-bond acceptors (Lipinski definition) is 1. The zero-order chi connectivity index (χ0) is 10.8. The summed E-state index contributed by atoms with van der Waals surface area (Å²) in [7, 11) is 2.39. The summed E-state index contributed by atoms with van der Waals surface area (Å²) < 4.78 is 1.23. The molecule has 0 aromatic rings. The van der Waals surface area contributed by atoms with Gasteiger partial charge < -0.3 is 4.48 Å². The summed E-state index contributed by atoms with van der Waals surface area (Å²) in [6.07, 6.45) is 2.60. The van der Waals surface area contributed by atoms with Gasteiger partial charge in [0.1, 0.15) is 6.67 Å². The molecule has 14 heavy (non-hydrogen) atoms. The van der Waals surface area contributed by atoms with Crippen molar-refractivity contribution in [2.45, 2.75) is 46.1 Å². The third-order valence-corrected chi connectivity index (χ3v) is 4.12. The molecule has 0 radical (unpaired) electrons. The van der Waals surface area contributed by atoms with E-state index >= 15 is 0 Å². The molecule has 0 aromatic carbocycles. The first-order valence-electron chi connectivity index (χ1n) is 6.02. The van der Waals surface area contributed by atoms with E-state index < -0.39 is 0 Å². The summed E-state index contributed by atoms with van der Waals surface area (Å²) in [5.41, 5.74) is 0.384. The average molecular weight is 199 g/mol. The van der Waals surface area contributed by atoms with Crippen molar-refractivity contribution < 1.29 is 4.48 Å². The number of quaternary nitrogens is 1. The van der Waals surface area contributed by atoms with Crippen molar-refractivity contribution in [3.05, 3.63) is 0 Å². The number of rotatable bonds is 3. The largest absolute Gasteiger partial charge is 0.314 e. The lowest BCUT2D eigenvalue weighted by Crippen LogP contribution is -2.61.